The monoisotopic (exact) mass is 330 g/mol. The maximum atomic E-state index is 4.61. The van der Waals surface area contributed by atoms with Crippen LogP contribution in [0.25, 0.3) is 10.2 Å². The van der Waals surface area contributed by atoms with Gasteiger partial charge in [0.15, 0.2) is 0 Å². The maximum absolute atomic E-state index is 4.61. The molecule has 0 bridgehead atoms. The number of likely N-dealkylation sites (tertiary alicyclic amines) is 1. The van der Waals surface area contributed by atoms with Crippen molar-refractivity contribution in [1.82, 2.24) is 14.9 Å². The molecular weight excluding hydrogens is 304 g/mol. The zero-order chi connectivity index (χ0) is 15.8. The van der Waals surface area contributed by atoms with Crippen molar-refractivity contribution in [3.63, 3.8) is 0 Å². The van der Waals surface area contributed by atoms with Gasteiger partial charge in [0.2, 0.25) is 0 Å². The number of fused-ring (bicyclic) bond motifs is 3. The van der Waals surface area contributed by atoms with Crippen molar-refractivity contribution in [2.75, 3.05) is 25.0 Å². The highest BCUT2D eigenvalue weighted by Gasteiger charge is 2.24. The number of piperidine rings is 1. The second-order valence-electron chi connectivity index (χ2n) is 7.11. The van der Waals surface area contributed by atoms with E-state index in [2.05, 4.69) is 34.0 Å². The van der Waals surface area contributed by atoms with Gasteiger partial charge in [0.1, 0.15) is 17.0 Å². The Hall–Kier alpha value is -1.20. The molecule has 2 aliphatic rings. The van der Waals surface area contributed by atoms with E-state index < -0.39 is 0 Å². The first-order valence-electron chi connectivity index (χ1n) is 8.98. The smallest absolute Gasteiger partial charge is 0.138 e. The molecule has 0 unspecified atom stereocenters. The highest BCUT2D eigenvalue weighted by atomic mass is 32.1. The summed E-state index contributed by atoms with van der Waals surface area (Å²) in [6.07, 6.45) is 7.85. The van der Waals surface area contributed by atoms with E-state index in [0.29, 0.717) is 6.04 Å². The van der Waals surface area contributed by atoms with E-state index in [9.17, 15) is 0 Å². The highest BCUT2D eigenvalue weighted by molar-refractivity contribution is 7.19. The predicted octanol–water partition coefficient (Wildman–Crippen LogP) is 3.71. The number of nitrogens with zero attached hydrogens (tertiary/aromatic N) is 3. The highest BCUT2D eigenvalue weighted by Crippen LogP contribution is 2.39. The lowest BCUT2D eigenvalue weighted by Crippen LogP contribution is -2.39. The molecular formula is C18H26N4S. The minimum Gasteiger partial charge on any atom is -0.367 e. The number of rotatable bonds is 3. The molecule has 0 spiro atoms. The van der Waals surface area contributed by atoms with Gasteiger partial charge in [-0.2, -0.15) is 0 Å². The summed E-state index contributed by atoms with van der Waals surface area (Å²) >= 11 is 1.88. The summed E-state index contributed by atoms with van der Waals surface area (Å²) in [5.74, 6) is 1.88. The summed E-state index contributed by atoms with van der Waals surface area (Å²) in [5.41, 5.74) is 1.53. The van der Waals surface area contributed by atoms with E-state index in [0.717, 1.165) is 11.7 Å². The summed E-state index contributed by atoms with van der Waals surface area (Å²) in [6.45, 7) is 8.17. The van der Waals surface area contributed by atoms with Crippen LogP contribution in [0.4, 0.5) is 5.82 Å². The Morgan fingerprint density at radius 2 is 2.09 bits per heavy atom. The Balaban J connectivity index is 1.60. The molecule has 1 aliphatic heterocycles. The second-order valence-corrected chi connectivity index (χ2v) is 8.19. The van der Waals surface area contributed by atoms with E-state index in [1.54, 1.807) is 11.2 Å². The molecule has 4 rings (SSSR count). The van der Waals surface area contributed by atoms with Crippen LogP contribution in [0.1, 0.15) is 43.6 Å². The van der Waals surface area contributed by atoms with Crippen LogP contribution in [-0.2, 0) is 12.8 Å². The van der Waals surface area contributed by atoms with Crippen LogP contribution >= 0.6 is 11.3 Å². The van der Waals surface area contributed by atoms with Gasteiger partial charge in [-0.05, 0) is 50.1 Å². The largest absolute Gasteiger partial charge is 0.367 e. The number of anilines is 1. The minimum atomic E-state index is 0.550. The molecule has 1 aliphatic carbocycles. The van der Waals surface area contributed by atoms with Gasteiger partial charge >= 0.3 is 0 Å². The van der Waals surface area contributed by atoms with Crippen LogP contribution in [0.3, 0.4) is 0 Å². The molecule has 4 nitrogen and oxygen atoms in total. The summed E-state index contributed by atoms with van der Waals surface area (Å²) in [4.78, 5) is 14.4. The Morgan fingerprint density at radius 3 is 2.87 bits per heavy atom. The third kappa shape index (κ3) is 2.96. The first kappa shape index (κ1) is 15.3. The quantitative estimate of drug-likeness (QED) is 0.931. The molecule has 124 valence electrons. The average molecular weight is 331 g/mol. The normalized spacial score (nSPS) is 23.1. The Morgan fingerprint density at radius 1 is 1.26 bits per heavy atom. The second kappa shape index (κ2) is 6.36. The van der Waals surface area contributed by atoms with Gasteiger partial charge < -0.3 is 10.2 Å². The minimum absolute atomic E-state index is 0.550. The van der Waals surface area contributed by atoms with Gasteiger partial charge in [-0.1, -0.05) is 13.8 Å². The number of hydrogen-bond donors (Lipinski definition) is 1. The van der Waals surface area contributed by atoms with Crippen molar-refractivity contribution < 1.29 is 0 Å². The van der Waals surface area contributed by atoms with Gasteiger partial charge in [-0.3, -0.25) is 0 Å². The number of aromatic nitrogens is 2. The summed E-state index contributed by atoms with van der Waals surface area (Å²) in [5, 5.41) is 5.06. The maximum Gasteiger partial charge on any atom is 0.138 e. The van der Waals surface area contributed by atoms with Crippen molar-refractivity contribution in [2.45, 2.75) is 52.0 Å². The van der Waals surface area contributed by atoms with Crippen molar-refractivity contribution in [3.05, 3.63) is 16.8 Å². The molecule has 5 heteroatoms. The molecule has 2 aromatic heterocycles. The fourth-order valence-corrected chi connectivity index (χ4v) is 5.32. The van der Waals surface area contributed by atoms with Crippen LogP contribution in [0.5, 0.6) is 0 Å². The Kier molecular flexibility index (Phi) is 4.24. The van der Waals surface area contributed by atoms with Crippen LogP contribution in [0.2, 0.25) is 0 Å². The molecule has 2 aromatic rings. The fraction of sp³-hybridized carbons (Fsp3) is 0.667. The summed E-state index contributed by atoms with van der Waals surface area (Å²) < 4.78 is 0. The SMILES string of the molecule is CCN1CCC(Nc2ncnc3sc4c(c23)CC[C@@H](C)C4)CC1. The number of aryl methyl sites for hydroxylation is 1. The van der Waals surface area contributed by atoms with E-state index in [-0.39, 0.29) is 0 Å². The van der Waals surface area contributed by atoms with E-state index in [1.807, 2.05) is 11.3 Å². The van der Waals surface area contributed by atoms with Gasteiger partial charge in [-0.15, -0.1) is 11.3 Å². The van der Waals surface area contributed by atoms with Gasteiger partial charge in [0.25, 0.3) is 0 Å². The zero-order valence-corrected chi connectivity index (χ0v) is 15.0. The molecule has 0 saturated carbocycles. The summed E-state index contributed by atoms with van der Waals surface area (Å²) in [6, 6.07) is 0.550. The molecule has 1 fully saturated rings. The first-order valence-corrected chi connectivity index (χ1v) is 9.80. The third-order valence-electron chi connectivity index (χ3n) is 5.47. The molecule has 1 N–H and O–H groups in total. The van der Waals surface area contributed by atoms with E-state index in [1.165, 1.54) is 67.5 Å². The van der Waals surface area contributed by atoms with Gasteiger partial charge in [0.05, 0.1) is 5.39 Å². The molecule has 0 amide bonds. The number of thiophene rings is 1. The molecule has 23 heavy (non-hydrogen) atoms. The van der Waals surface area contributed by atoms with Gasteiger partial charge in [-0.25, -0.2) is 9.97 Å². The molecule has 0 aromatic carbocycles. The van der Waals surface area contributed by atoms with Crippen LogP contribution < -0.4 is 5.32 Å². The number of hydrogen-bond acceptors (Lipinski definition) is 5. The van der Waals surface area contributed by atoms with E-state index in [4.69, 9.17) is 0 Å². The lowest BCUT2D eigenvalue weighted by Gasteiger charge is -2.31. The standard InChI is InChI=1S/C18H26N4S/c1-3-22-8-6-13(7-9-22)21-17-16-14-5-4-12(2)10-15(14)23-18(16)20-11-19-17/h11-13H,3-10H2,1-2H3,(H,19,20,21)/t12-/m1/s1. The van der Waals surface area contributed by atoms with E-state index >= 15 is 0 Å². The lowest BCUT2D eigenvalue weighted by molar-refractivity contribution is 0.229. The molecule has 1 atom stereocenters. The Bertz CT molecular complexity index is 688. The fourth-order valence-electron chi connectivity index (χ4n) is 3.97. The molecule has 0 radical (unpaired) electrons. The molecule has 1 saturated heterocycles. The van der Waals surface area contributed by atoms with Crippen LogP contribution in [0.15, 0.2) is 6.33 Å². The van der Waals surface area contributed by atoms with Crippen molar-refractivity contribution >= 4 is 27.4 Å². The Labute approximate surface area is 142 Å². The lowest BCUT2D eigenvalue weighted by atomic mass is 9.89. The zero-order valence-electron chi connectivity index (χ0n) is 14.1. The number of nitrogens with one attached hydrogen (secondary N) is 1. The first-order chi connectivity index (χ1) is 11.2. The third-order valence-corrected chi connectivity index (χ3v) is 6.63. The summed E-state index contributed by atoms with van der Waals surface area (Å²) in [7, 11) is 0. The molecule has 3 heterocycles. The van der Waals surface area contributed by atoms with Crippen LogP contribution in [0, 0.1) is 5.92 Å². The predicted molar refractivity (Wildman–Crippen MR) is 97.4 cm³/mol. The van der Waals surface area contributed by atoms with Crippen molar-refractivity contribution in [3.8, 4) is 0 Å². The van der Waals surface area contributed by atoms with Crippen LogP contribution in [-0.4, -0.2) is 40.5 Å². The van der Waals surface area contributed by atoms with Crippen molar-refractivity contribution in [1.29, 1.82) is 0 Å². The van der Waals surface area contributed by atoms with Gasteiger partial charge in [0, 0.05) is 24.0 Å². The van der Waals surface area contributed by atoms with Crippen molar-refractivity contribution in [2.24, 2.45) is 5.92 Å². The topological polar surface area (TPSA) is 41.0 Å². The average Bonchev–Trinajstić information content (AvgIpc) is 2.94.